The Kier molecular flexibility index (Phi) is 6.17. The number of rotatable bonds is 7. The lowest BCUT2D eigenvalue weighted by atomic mass is 9.97. The summed E-state index contributed by atoms with van der Waals surface area (Å²) in [5.41, 5.74) is 0.237. The number of piperidine rings is 1. The third-order valence-electron chi connectivity index (χ3n) is 7.88. The number of nitrogens with zero attached hydrogens (tertiary/aromatic N) is 2. The molecule has 3 aliphatic rings. The normalized spacial score (nSPS) is 23.2. The third-order valence-corrected chi connectivity index (χ3v) is 7.88. The molecule has 1 saturated carbocycles. The minimum atomic E-state index is -4.53. The van der Waals surface area contributed by atoms with Crippen molar-refractivity contribution in [2.45, 2.75) is 75.4 Å². The molecule has 1 N–H and O–H groups in total. The number of carbonyl (C=O) groups is 1. The lowest BCUT2D eigenvalue weighted by Gasteiger charge is -2.40. The fourth-order valence-corrected chi connectivity index (χ4v) is 5.98. The van der Waals surface area contributed by atoms with Crippen LogP contribution in [0.4, 0.5) is 23.2 Å². The quantitative estimate of drug-likeness (QED) is 0.339. The molecule has 2 bridgehead atoms. The van der Waals surface area contributed by atoms with E-state index >= 15 is 0 Å². The zero-order valence-electron chi connectivity index (χ0n) is 20.4. The molecule has 38 heavy (non-hydrogen) atoms. The van der Waals surface area contributed by atoms with E-state index in [2.05, 4.69) is 5.16 Å². The van der Waals surface area contributed by atoms with Gasteiger partial charge < -0.3 is 19.3 Å². The predicted molar refractivity (Wildman–Crippen MR) is 129 cm³/mol. The fraction of sp³-hybridized carbons (Fsp3) is 0.429. The Morgan fingerprint density at radius 1 is 1.08 bits per heavy atom. The van der Waals surface area contributed by atoms with Crippen LogP contribution in [0.25, 0.3) is 11.3 Å². The van der Waals surface area contributed by atoms with Gasteiger partial charge in [-0.3, -0.25) is 0 Å². The van der Waals surface area contributed by atoms with Crippen LogP contribution in [0.5, 0.6) is 0 Å². The van der Waals surface area contributed by atoms with Crippen molar-refractivity contribution in [3.8, 4) is 11.3 Å². The average Bonchev–Trinajstić information content (AvgIpc) is 3.58. The molecule has 3 atom stereocenters. The van der Waals surface area contributed by atoms with Crippen molar-refractivity contribution in [1.29, 1.82) is 0 Å². The molecule has 2 saturated heterocycles. The summed E-state index contributed by atoms with van der Waals surface area (Å²) in [5, 5.41) is 13.2. The van der Waals surface area contributed by atoms with E-state index in [1.165, 1.54) is 24.3 Å². The lowest BCUT2D eigenvalue weighted by Crippen LogP contribution is -2.46. The minimum Gasteiger partial charge on any atom is -0.478 e. The molecule has 200 valence electrons. The van der Waals surface area contributed by atoms with E-state index in [9.17, 15) is 22.4 Å². The molecule has 2 unspecified atom stereocenters. The van der Waals surface area contributed by atoms with Crippen molar-refractivity contribution in [1.82, 2.24) is 5.16 Å². The largest absolute Gasteiger partial charge is 0.478 e. The van der Waals surface area contributed by atoms with Gasteiger partial charge in [0.25, 0.3) is 0 Å². The summed E-state index contributed by atoms with van der Waals surface area (Å²) in [6.45, 7) is 0.0859. The number of halogens is 4. The zero-order chi connectivity index (χ0) is 26.6. The first-order valence-electron chi connectivity index (χ1n) is 12.8. The molecule has 1 aliphatic carbocycles. The summed E-state index contributed by atoms with van der Waals surface area (Å²) in [4.78, 5) is 13.2. The highest BCUT2D eigenvalue weighted by Crippen LogP contribution is 2.47. The Morgan fingerprint density at radius 3 is 2.42 bits per heavy atom. The molecular weight excluding hydrogens is 504 g/mol. The van der Waals surface area contributed by atoms with Gasteiger partial charge in [0.1, 0.15) is 17.3 Å². The fourth-order valence-electron chi connectivity index (χ4n) is 5.98. The number of aromatic carboxylic acids is 1. The Balaban J connectivity index is 1.21. The van der Waals surface area contributed by atoms with Gasteiger partial charge in [-0.15, -0.1) is 0 Å². The number of ether oxygens (including phenoxy) is 1. The zero-order valence-corrected chi connectivity index (χ0v) is 20.4. The van der Waals surface area contributed by atoms with E-state index in [-0.39, 0.29) is 47.5 Å². The molecule has 2 aromatic carbocycles. The third kappa shape index (κ3) is 4.55. The Labute approximate surface area is 216 Å². The van der Waals surface area contributed by atoms with Crippen molar-refractivity contribution in [3.63, 3.8) is 0 Å². The first-order chi connectivity index (χ1) is 18.2. The first kappa shape index (κ1) is 24.9. The van der Waals surface area contributed by atoms with Gasteiger partial charge in [-0.1, -0.05) is 23.4 Å². The monoisotopic (exact) mass is 530 g/mol. The molecule has 6 nitrogen and oxygen atoms in total. The van der Waals surface area contributed by atoms with Gasteiger partial charge >= 0.3 is 12.1 Å². The number of hydrogen-bond donors (Lipinski definition) is 1. The van der Waals surface area contributed by atoms with Crippen LogP contribution in [0.15, 0.2) is 47.0 Å². The van der Waals surface area contributed by atoms with Crippen molar-refractivity contribution in [3.05, 3.63) is 70.7 Å². The number of alkyl halides is 3. The van der Waals surface area contributed by atoms with Gasteiger partial charge in [-0.2, -0.15) is 13.2 Å². The Bertz CT molecular complexity index is 1350. The molecule has 3 fully saturated rings. The van der Waals surface area contributed by atoms with Crippen LogP contribution in [0.1, 0.15) is 71.7 Å². The second kappa shape index (κ2) is 9.41. The second-order valence-electron chi connectivity index (χ2n) is 10.4. The maximum Gasteiger partial charge on any atom is 0.417 e. The number of carboxylic acids is 1. The van der Waals surface area contributed by atoms with Gasteiger partial charge in [0.15, 0.2) is 0 Å². The lowest BCUT2D eigenvalue weighted by molar-refractivity contribution is -0.137. The van der Waals surface area contributed by atoms with Crippen molar-refractivity contribution in [2.24, 2.45) is 0 Å². The van der Waals surface area contributed by atoms with Crippen molar-refractivity contribution >= 4 is 11.7 Å². The topological polar surface area (TPSA) is 75.8 Å². The van der Waals surface area contributed by atoms with Gasteiger partial charge in [0.2, 0.25) is 0 Å². The molecule has 6 rings (SSSR count). The highest BCUT2D eigenvalue weighted by atomic mass is 19.4. The van der Waals surface area contributed by atoms with Crippen molar-refractivity contribution < 1.29 is 36.7 Å². The summed E-state index contributed by atoms with van der Waals surface area (Å²) in [7, 11) is 0. The van der Waals surface area contributed by atoms with Gasteiger partial charge in [-0.25, -0.2) is 9.18 Å². The molecule has 2 aliphatic heterocycles. The number of anilines is 1. The van der Waals surface area contributed by atoms with E-state index in [1.807, 2.05) is 4.90 Å². The van der Waals surface area contributed by atoms with Crippen LogP contribution in [0, 0.1) is 5.82 Å². The van der Waals surface area contributed by atoms with E-state index in [4.69, 9.17) is 14.4 Å². The van der Waals surface area contributed by atoms with Crippen LogP contribution in [0.3, 0.4) is 0 Å². The molecular formula is C28H26F4N2O4. The Morgan fingerprint density at radius 2 is 1.79 bits per heavy atom. The maximum absolute atomic E-state index is 14.8. The summed E-state index contributed by atoms with van der Waals surface area (Å²) in [6.07, 6.45) is 0.0963. The summed E-state index contributed by atoms with van der Waals surface area (Å²) < 4.78 is 67.9. The number of hydrogen-bond acceptors (Lipinski definition) is 5. The Hall–Kier alpha value is -3.40. The maximum atomic E-state index is 14.8. The number of fused-ring (bicyclic) bond motifs is 2. The molecule has 10 heteroatoms. The van der Waals surface area contributed by atoms with Crippen LogP contribution in [-0.4, -0.2) is 34.4 Å². The summed E-state index contributed by atoms with van der Waals surface area (Å²) >= 11 is 0. The highest BCUT2D eigenvalue weighted by molar-refractivity contribution is 5.88. The second-order valence-corrected chi connectivity index (χ2v) is 10.4. The van der Waals surface area contributed by atoms with Crippen LogP contribution in [-0.2, 0) is 17.5 Å². The number of aromatic nitrogens is 1. The van der Waals surface area contributed by atoms with Crippen LogP contribution < -0.4 is 4.90 Å². The van der Waals surface area contributed by atoms with E-state index in [0.717, 1.165) is 37.8 Å². The number of benzene rings is 2. The SMILES string of the molecule is O=C(O)c1ccc(N2C3CC[C@H]2CC(OCc2c(-c4ccccc4C(F)(F)F)noc2C2CC2)C3)c(F)c1. The standard InChI is InChI=1S/C28H26F4N2O4/c29-23-11-16(27(35)36)7-10-24(23)34-17-8-9-18(34)13-19(12-17)37-14-21-25(33-38-26(21)15-5-6-15)20-3-1-2-4-22(20)28(30,31)32/h1-4,7,10-11,15,17-19H,5-6,8-9,12-14H2,(H,35,36)/t17-,18?,19?/m0/s1. The smallest absolute Gasteiger partial charge is 0.417 e. The summed E-state index contributed by atoms with van der Waals surface area (Å²) in [5.74, 6) is -1.00. The molecule has 0 spiro atoms. The summed E-state index contributed by atoms with van der Waals surface area (Å²) in [6, 6.07) is 9.39. The minimum absolute atomic E-state index is 0.0237. The predicted octanol–water partition coefficient (Wildman–Crippen LogP) is 6.79. The van der Waals surface area contributed by atoms with Gasteiger partial charge in [-0.05, 0) is 62.8 Å². The first-order valence-corrected chi connectivity index (χ1v) is 12.8. The van der Waals surface area contributed by atoms with Crippen LogP contribution >= 0.6 is 0 Å². The van der Waals surface area contributed by atoms with E-state index in [1.54, 1.807) is 6.07 Å². The molecule has 1 aromatic heterocycles. The number of carboxylic acid groups (broad SMARTS) is 1. The van der Waals surface area contributed by atoms with Gasteiger partial charge in [0.05, 0.1) is 29.5 Å². The molecule has 0 amide bonds. The molecule has 3 aromatic rings. The molecule has 3 heterocycles. The average molecular weight is 531 g/mol. The van der Waals surface area contributed by atoms with Crippen LogP contribution in [0.2, 0.25) is 0 Å². The van der Waals surface area contributed by atoms with Gasteiger partial charge in [0, 0.05) is 29.1 Å². The van der Waals surface area contributed by atoms with E-state index in [0.29, 0.717) is 29.9 Å². The van der Waals surface area contributed by atoms with E-state index < -0.39 is 23.5 Å². The highest BCUT2D eigenvalue weighted by Gasteiger charge is 2.43. The van der Waals surface area contributed by atoms with Crippen molar-refractivity contribution in [2.75, 3.05) is 4.90 Å². The molecule has 0 radical (unpaired) electrons.